The van der Waals surface area contributed by atoms with E-state index in [2.05, 4.69) is 26.1 Å². The van der Waals surface area contributed by atoms with E-state index in [9.17, 15) is 4.39 Å². The van der Waals surface area contributed by atoms with E-state index < -0.39 is 0 Å². The van der Waals surface area contributed by atoms with Crippen LogP contribution in [0.15, 0.2) is 18.2 Å². The summed E-state index contributed by atoms with van der Waals surface area (Å²) >= 11 is 0. The fourth-order valence-electron chi connectivity index (χ4n) is 1.55. The third kappa shape index (κ3) is 4.19. The van der Waals surface area contributed by atoms with Crippen molar-refractivity contribution in [2.45, 2.75) is 32.9 Å². The second kappa shape index (κ2) is 4.83. The Morgan fingerprint density at radius 1 is 1.25 bits per heavy atom. The Balaban J connectivity index is 2.89. The molecule has 0 bridgehead atoms. The predicted octanol–water partition coefficient (Wildman–Crippen LogP) is 3.10. The fourth-order valence-corrected chi connectivity index (χ4v) is 1.55. The summed E-state index contributed by atoms with van der Waals surface area (Å²) in [7, 11) is 3.87. The third-order valence-corrected chi connectivity index (χ3v) is 2.05. The zero-order chi connectivity index (χ0) is 12.3. The van der Waals surface area contributed by atoms with Crippen LogP contribution >= 0.6 is 0 Å². The average Bonchev–Trinajstić information content (AvgIpc) is 2.07. The molecule has 0 fully saturated rings. The molecule has 0 heterocycles. The highest BCUT2D eigenvalue weighted by molar-refractivity contribution is 5.47. The maximum Gasteiger partial charge on any atom is 0.127 e. The first-order valence-corrected chi connectivity index (χ1v) is 5.49. The molecule has 0 aliphatic rings. The lowest BCUT2D eigenvalue weighted by Gasteiger charge is -2.23. The Labute approximate surface area is 97.5 Å². The molecule has 16 heavy (non-hydrogen) atoms. The smallest absolute Gasteiger partial charge is 0.127 e. The van der Waals surface area contributed by atoms with Gasteiger partial charge in [0.25, 0.3) is 0 Å². The van der Waals surface area contributed by atoms with Crippen LogP contribution in [0.1, 0.15) is 26.3 Å². The first kappa shape index (κ1) is 13.0. The first-order chi connectivity index (χ1) is 7.28. The molecule has 3 heteroatoms. The van der Waals surface area contributed by atoms with E-state index in [1.165, 1.54) is 6.07 Å². The number of halogens is 1. The SMILES string of the molecule is CN(C)Cc1cc(NC(C)(C)C)ccc1F. The number of hydrogen-bond acceptors (Lipinski definition) is 2. The van der Waals surface area contributed by atoms with Gasteiger partial charge >= 0.3 is 0 Å². The minimum Gasteiger partial charge on any atom is -0.380 e. The summed E-state index contributed by atoms with van der Waals surface area (Å²) in [6.07, 6.45) is 0. The molecule has 0 unspecified atom stereocenters. The van der Waals surface area contributed by atoms with Crippen molar-refractivity contribution in [3.8, 4) is 0 Å². The molecule has 0 saturated carbocycles. The number of hydrogen-bond donors (Lipinski definition) is 1. The highest BCUT2D eigenvalue weighted by atomic mass is 19.1. The second-order valence-corrected chi connectivity index (χ2v) is 5.42. The molecule has 1 N–H and O–H groups in total. The van der Waals surface area contributed by atoms with Crippen LogP contribution in [0.25, 0.3) is 0 Å². The number of anilines is 1. The van der Waals surface area contributed by atoms with Crippen molar-refractivity contribution in [2.24, 2.45) is 0 Å². The summed E-state index contributed by atoms with van der Waals surface area (Å²) in [5.41, 5.74) is 1.68. The monoisotopic (exact) mass is 224 g/mol. The first-order valence-electron chi connectivity index (χ1n) is 5.49. The lowest BCUT2D eigenvalue weighted by molar-refractivity contribution is 0.392. The second-order valence-electron chi connectivity index (χ2n) is 5.42. The van der Waals surface area contributed by atoms with Crippen molar-refractivity contribution < 1.29 is 4.39 Å². The Morgan fingerprint density at radius 3 is 2.38 bits per heavy atom. The molecule has 1 rings (SSSR count). The molecule has 0 aliphatic heterocycles. The van der Waals surface area contributed by atoms with E-state index in [1.54, 1.807) is 6.07 Å². The zero-order valence-electron chi connectivity index (χ0n) is 10.8. The highest BCUT2D eigenvalue weighted by Gasteiger charge is 2.11. The largest absolute Gasteiger partial charge is 0.380 e. The molecule has 1 aromatic carbocycles. The van der Waals surface area contributed by atoms with Crippen molar-refractivity contribution in [1.82, 2.24) is 4.90 Å². The van der Waals surface area contributed by atoms with Crippen LogP contribution in [0, 0.1) is 5.82 Å². The minimum atomic E-state index is -0.145. The summed E-state index contributed by atoms with van der Waals surface area (Å²) in [5, 5.41) is 3.34. The van der Waals surface area contributed by atoms with Gasteiger partial charge in [0.1, 0.15) is 5.82 Å². The molecule has 0 radical (unpaired) electrons. The van der Waals surface area contributed by atoms with E-state index in [0.717, 1.165) is 11.3 Å². The van der Waals surface area contributed by atoms with E-state index in [4.69, 9.17) is 0 Å². The number of rotatable bonds is 3. The van der Waals surface area contributed by atoms with Gasteiger partial charge in [0.05, 0.1) is 0 Å². The fraction of sp³-hybridized carbons (Fsp3) is 0.538. The zero-order valence-corrected chi connectivity index (χ0v) is 10.8. The maximum atomic E-state index is 13.5. The van der Waals surface area contributed by atoms with Crippen LogP contribution in [-0.4, -0.2) is 24.5 Å². The van der Waals surface area contributed by atoms with Gasteiger partial charge in [-0.3, -0.25) is 0 Å². The van der Waals surface area contributed by atoms with Crippen molar-refractivity contribution >= 4 is 5.69 Å². The number of nitrogens with one attached hydrogen (secondary N) is 1. The van der Waals surface area contributed by atoms with Crippen LogP contribution < -0.4 is 5.32 Å². The lowest BCUT2D eigenvalue weighted by atomic mass is 10.1. The van der Waals surface area contributed by atoms with Crippen molar-refractivity contribution in [1.29, 1.82) is 0 Å². The van der Waals surface area contributed by atoms with Gasteiger partial charge in [0.2, 0.25) is 0 Å². The van der Waals surface area contributed by atoms with Crippen LogP contribution in [0.2, 0.25) is 0 Å². The molecule has 0 saturated heterocycles. The van der Waals surface area contributed by atoms with E-state index in [0.29, 0.717) is 6.54 Å². The molecule has 0 aromatic heterocycles. The minimum absolute atomic E-state index is 0.00673. The molecular formula is C13H21FN2. The van der Waals surface area contributed by atoms with Gasteiger partial charge < -0.3 is 10.2 Å². The normalized spacial score (nSPS) is 11.9. The molecule has 1 aromatic rings. The van der Waals surface area contributed by atoms with Gasteiger partial charge in [-0.1, -0.05) is 0 Å². The molecule has 90 valence electrons. The standard InChI is InChI=1S/C13H21FN2/c1-13(2,3)15-11-6-7-12(14)10(8-11)9-16(4)5/h6-8,15H,9H2,1-5H3. The summed E-state index contributed by atoms with van der Waals surface area (Å²) in [6, 6.07) is 5.17. The molecule has 0 amide bonds. The Kier molecular flexibility index (Phi) is 3.92. The topological polar surface area (TPSA) is 15.3 Å². The van der Waals surface area contributed by atoms with Gasteiger partial charge in [-0.2, -0.15) is 0 Å². The highest BCUT2D eigenvalue weighted by Crippen LogP contribution is 2.19. The van der Waals surface area contributed by atoms with Gasteiger partial charge in [-0.15, -0.1) is 0 Å². The van der Waals surface area contributed by atoms with E-state index >= 15 is 0 Å². The summed E-state index contributed by atoms with van der Waals surface area (Å²) in [5.74, 6) is -0.145. The molecular weight excluding hydrogens is 203 g/mol. The lowest BCUT2D eigenvalue weighted by Crippen LogP contribution is -2.26. The maximum absolute atomic E-state index is 13.5. The van der Waals surface area contributed by atoms with Crippen LogP contribution in [0.3, 0.4) is 0 Å². The summed E-state index contributed by atoms with van der Waals surface area (Å²) in [6.45, 7) is 6.87. The molecule has 0 aliphatic carbocycles. The number of benzene rings is 1. The average molecular weight is 224 g/mol. The van der Waals surface area contributed by atoms with Crippen molar-refractivity contribution in [3.63, 3.8) is 0 Å². The van der Waals surface area contributed by atoms with Gasteiger partial charge in [0.15, 0.2) is 0 Å². The third-order valence-electron chi connectivity index (χ3n) is 2.05. The Morgan fingerprint density at radius 2 is 1.88 bits per heavy atom. The van der Waals surface area contributed by atoms with Crippen LogP contribution in [-0.2, 0) is 6.54 Å². The van der Waals surface area contributed by atoms with E-state index in [1.807, 2.05) is 25.1 Å². The van der Waals surface area contributed by atoms with Crippen LogP contribution in [0.4, 0.5) is 10.1 Å². The molecule has 0 spiro atoms. The van der Waals surface area contributed by atoms with Gasteiger partial charge in [-0.25, -0.2) is 4.39 Å². The van der Waals surface area contributed by atoms with E-state index in [-0.39, 0.29) is 11.4 Å². The number of nitrogens with zero attached hydrogens (tertiary/aromatic N) is 1. The Hall–Kier alpha value is -1.09. The molecule has 2 nitrogen and oxygen atoms in total. The van der Waals surface area contributed by atoms with Gasteiger partial charge in [-0.05, 0) is 53.1 Å². The summed E-state index contributed by atoms with van der Waals surface area (Å²) in [4.78, 5) is 1.96. The van der Waals surface area contributed by atoms with Gasteiger partial charge in [0, 0.05) is 23.3 Å². The Bertz CT molecular complexity index is 353. The predicted molar refractivity (Wildman–Crippen MR) is 67.2 cm³/mol. The van der Waals surface area contributed by atoms with Crippen molar-refractivity contribution in [2.75, 3.05) is 19.4 Å². The molecule has 0 atom stereocenters. The quantitative estimate of drug-likeness (QED) is 0.848. The summed E-state index contributed by atoms with van der Waals surface area (Å²) < 4.78 is 13.5. The van der Waals surface area contributed by atoms with Crippen LogP contribution in [0.5, 0.6) is 0 Å². The van der Waals surface area contributed by atoms with Crippen molar-refractivity contribution in [3.05, 3.63) is 29.6 Å².